The highest BCUT2D eigenvalue weighted by molar-refractivity contribution is 8.18. The van der Waals surface area contributed by atoms with E-state index in [0.29, 0.717) is 33.8 Å². The fourth-order valence-corrected chi connectivity index (χ4v) is 4.72. The molecule has 0 atom stereocenters. The van der Waals surface area contributed by atoms with E-state index >= 15 is 0 Å². The van der Waals surface area contributed by atoms with E-state index in [1.54, 1.807) is 30.2 Å². The lowest BCUT2D eigenvalue weighted by atomic mass is 10.2. The lowest BCUT2D eigenvalue weighted by Gasteiger charge is -2.12. The maximum absolute atomic E-state index is 13.0. The van der Waals surface area contributed by atoms with Crippen LogP contribution in [0.1, 0.15) is 18.1 Å². The first kappa shape index (κ1) is 26.8. The SMILES string of the molecule is CCN1C(=O)/C(=C\c2ccc(OCC(=O)Nc3ccc(C)cc3)c(OC)c2)SC1=Nc1ccc(OC)cc1. The summed E-state index contributed by atoms with van der Waals surface area (Å²) in [4.78, 5) is 32.2. The molecule has 1 N–H and O–H groups in total. The minimum absolute atomic E-state index is 0.114. The molecule has 38 heavy (non-hydrogen) atoms. The number of aryl methyl sites for hydroxylation is 1. The molecule has 3 aromatic rings. The quantitative estimate of drug-likeness (QED) is 0.359. The summed E-state index contributed by atoms with van der Waals surface area (Å²) >= 11 is 1.32. The maximum atomic E-state index is 13.0. The number of amidine groups is 1. The predicted molar refractivity (Wildman–Crippen MR) is 151 cm³/mol. The van der Waals surface area contributed by atoms with Crippen LogP contribution in [0.15, 0.2) is 76.6 Å². The van der Waals surface area contributed by atoms with Crippen LogP contribution in [0.25, 0.3) is 6.08 Å². The van der Waals surface area contributed by atoms with Crippen molar-refractivity contribution in [2.24, 2.45) is 4.99 Å². The van der Waals surface area contributed by atoms with Crippen LogP contribution >= 0.6 is 11.8 Å². The minimum atomic E-state index is -0.279. The molecule has 0 spiro atoms. The van der Waals surface area contributed by atoms with Crippen molar-refractivity contribution in [3.05, 3.63) is 82.8 Å². The molecule has 0 unspecified atom stereocenters. The van der Waals surface area contributed by atoms with Crippen molar-refractivity contribution < 1.29 is 23.8 Å². The number of benzene rings is 3. The lowest BCUT2D eigenvalue weighted by molar-refractivity contribution is -0.122. The number of likely N-dealkylation sites (N-methyl/N-ethyl adjacent to an activating group) is 1. The van der Waals surface area contributed by atoms with E-state index in [9.17, 15) is 9.59 Å². The van der Waals surface area contributed by atoms with Gasteiger partial charge in [0.2, 0.25) is 0 Å². The minimum Gasteiger partial charge on any atom is -0.497 e. The zero-order valence-electron chi connectivity index (χ0n) is 21.7. The summed E-state index contributed by atoms with van der Waals surface area (Å²) in [7, 11) is 3.14. The van der Waals surface area contributed by atoms with Gasteiger partial charge < -0.3 is 19.5 Å². The second-order valence-electron chi connectivity index (χ2n) is 8.37. The molecule has 0 radical (unpaired) electrons. The topological polar surface area (TPSA) is 89.5 Å². The van der Waals surface area contributed by atoms with E-state index in [1.165, 1.54) is 18.9 Å². The van der Waals surface area contributed by atoms with Crippen molar-refractivity contribution in [1.82, 2.24) is 4.90 Å². The molecule has 1 saturated heterocycles. The molecular weight excluding hydrogens is 502 g/mol. The third-order valence-corrected chi connectivity index (χ3v) is 6.69. The summed E-state index contributed by atoms with van der Waals surface area (Å²) in [6.07, 6.45) is 1.79. The normalized spacial score (nSPS) is 15.2. The second-order valence-corrected chi connectivity index (χ2v) is 9.37. The Bertz CT molecular complexity index is 1370. The number of carbonyl (C=O) groups is 2. The van der Waals surface area contributed by atoms with Gasteiger partial charge in [-0.1, -0.05) is 23.8 Å². The first-order valence-corrected chi connectivity index (χ1v) is 12.8. The monoisotopic (exact) mass is 531 g/mol. The first-order chi connectivity index (χ1) is 18.4. The number of anilines is 1. The molecular formula is C29H29N3O5S. The van der Waals surface area contributed by atoms with Crippen molar-refractivity contribution in [2.45, 2.75) is 13.8 Å². The summed E-state index contributed by atoms with van der Waals surface area (Å²) in [5.41, 5.74) is 3.30. The van der Waals surface area contributed by atoms with Crippen LogP contribution in [0, 0.1) is 6.92 Å². The van der Waals surface area contributed by atoms with Crippen molar-refractivity contribution in [3.63, 3.8) is 0 Å². The summed E-state index contributed by atoms with van der Waals surface area (Å²) < 4.78 is 16.4. The van der Waals surface area contributed by atoms with Gasteiger partial charge in [-0.15, -0.1) is 0 Å². The van der Waals surface area contributed by atoms with Crippen molar-refractivity contribution >= 4 is 46.2 Å². The number of hydrogen-bond acceptors (Lipinski definition) is 7. The molecule has 0 bridgehead atoms. The van der Waals surface area contributed by atoms with E-state index in [-0.39, 0.29) is 18.4 Å². The number of methoxy groups -OCH3 is 2. The Morgan fingerprint density at radius 2 is 1.74 bits per heavy atom. The van der Waals surface area contributed by atoms with E-state index in [4.69, 9.17) is 14.2 Å². The molecule has 0 aromatic heterocycles. The fraction of sp³-hybridized carbons (Fsp3) is 0.207. The van der Waals surface area contributed by atoms with Gasteiger partial charge in [0.15, 0.2) is 23.3 Å². The third kappa shape index (κ3) is 6.54. The Balaban J connectivity index is 1.46. The standard InChI is InChI=1S/C29H29N3O5S/c1-5-32-28(34)26(38-29(32)31-22-11-13-23(35-3)14-12-22)17-20-8-15-24(25(16-20)36-4)37-18-27(33)30-21-9-6-19(2)7-10-21/h6-17H,5,18H2,1-4H3,(H,30,33)/b26-17+,31-29?. The molecule has 1 fully saturated rings. The van der Waals surface area contributed by atoms with Crippen molar-refractivity contribution in [3.8, 4) is 17.2 Å². The Morgan fingerprint density at radius 3 is 2.39 bits per heavy atom. The molecule has 196 valence electrons. The molecule has 1 heterocycles. The maximum Gasteiger partial charge on any atom is 0.266 e. The van der Waals surface area contributed by atoms with E-state index < -0.39 is 0 Å². The van der Waals surface area contributed by atoms with Gasteiger partial charge >= 0.3 is 0 Å². The Morgan fingerprint density at radius 1 is 1.00 bits per heavy atom. The van der Waals surface area contributed by atoms with Crippen LogP contribution < -0.4 is 19.5 Å². The molecule has 1 aliphatic rings. The first-order valence-electron chi connectivity index (χ1n) is 12.0. The second kappa shape index (κ2) is 12.3. The summed E-state index contributed by atoms with van der Waals surface area (Å²) in [5.74, 6) is 1.23. The average molecular weight is 532 g/mol. The van der Waals surface area contributed by atoms with Crippen LogP contribution in [0.5, 0.6) is 17.2 Å². The molecule has 1 aliphatic heterocycles. The Hall–Kier alpha value is -4.24. The van der Waals surface area contributed by atoms with Gasteiger partial charge in [-0.05, 0) is 85.8 Å². The van der Waals surface area contributed by atoms with Crippen LogP contribution in [0.4, 0.5) is 11.4 Å². The summed E-state index contributed by atoms with van der Waals surface area (Å²) in [6.45, 7) is 4.22. The van der Waals surface area contributed by atoms with Gasteiger partial charge in [-0.2, -0.15) is 0 Å². The Kier molecular flexibility index (Phi) is 8.70. The zero-order chi connectivity index (χ0) is 27.1. The number of ether oxygens (including phenoxy) is 3. The van der Waals surface area contributed by atoms with Crippen molar-refractivity contribution in [1.29, 1.82) is 0 Å². The number of carbonyl (C=O) groups excluding carboxylic acids is 2. The molecule has 9 heteroatoms. The third-order valence-electron chi connectivity index (χ3n) is 5.68. The smallest absolute Gasteiger partial charge is 0.266 e. The lowest BCUT2D eigenvalue weighted by Crippen LogP contribution is -2.28. The fourth-order valence-electron chi connectivity index (χ4n) is 3.66. The van der Waals surface area contributed by atoms with Gasteiger partial charge in [0.05, 0.1) is 24.8 Å². The average Bonchev–Trinajstić information content (AvgIpc) is 3.22. The largest absolute Gasteiger partial charge is 0.497 e. The number of hydrogen-bond donors (Lipinski definition) is 1. The zero-order valence-corrected chi connectivity index (χ0v) is 22.5. The predicted octanol–water partition coefficient (Wildman–Crippen LogP) is 5.65. The molecule has 8 nitrogen and oxygen atoms in total. The molecule has 0 saturated carbocycles. The van der Waals surface area contributed by atoms with Crippen LogP contribution in [-0.2, 0) is 9.59 Å². The van der Waals surface area contributed by atoms with E-state index in [2.05, 4.69) is 10.3 Å². The number of nitrogens with one attached hydrogen (secondary N) is 1. The summed E-state index contributed by atoms with van der Waals surface area (Å²) in [5, 5.41) is 3.41. The number of amides is 2. The van der Waals surface area contributed by atoms with E-state index in [1.807, 2.05) is 68.4 Å². The highest BCUT2D eigenvalue weighted by atomic mass is 32.2. The van der Waals surface area contributed by atoms with Gasteiger partial charge in [0.1, 0.15) is 5.75 Å². The van der Waals surface area contributed by atoms with Gasteiger partial charge in [0.25, 0.3) is 11.8 Å². The highest BCUT2D eigenvalue weighted by Gasteiger charge is 2.32. The van der Waals surface area contributed by atoms with Gasteiger partial charge in [-0.25, -0.2) is 4.99 Å². The summed E-state index contributed by atoms with van der Waals surface area (Å²) in [6, 6.07) is 20.2. The highest BCUT2D eigenvalue weighted by Crippen LogP contribution is 2.36. The number of thioether (sulfide) groups is 1. The number of aliphatic imine (C=N–C) groups is 1. The molecule has 4 rings (SSSR count). The van der Waals surface area contributed by atoms with Crippen molar-refractivity contribution in [2.75, 3.05) is 32.7 Å². The van der Waals surface area contributed by atoms with Crippen LogP contribution in [-0.4, -0.2) is 49.3 Å². The number of rotatable bonds is 9. The Labute approximate surface area is 226 Å². The molecule has 3 aromatic carbocycles. The van der Waals surface area contributed by atoms with Crippen LogP contribution in [0.2, 0.25) is 0 Å². The van der Waals surface area contributed by atoms with Crippen LogP contribution in [0.3, 0.4) is 0 Å². The molecule has 2 amide bonds. The van der Waals surface area contributed by atoms with Gasteiger partial charge in [-0.3, -0.25) is 14.5 Å². The molecule has 0 aliphatic carbocycles. The number of nitrogens with zero attached hydrogens (tertiary/aromatic N) is 2. The van der Waals surface area contributed by atoms with E-state index in [0.717, 1.165) is 22.6 Å². The van der Waals surface area contributed by atoms with Gasteiger partial charge in [0, 0.05) is 12.2 Å².